The van der Waals surface area contributed by atoms with Crippen LogP contribution in [0.5, 0.6) is 0 Å². The van der Waals surface area contributed by atoms with Gasteiger partial charge in [0, 0.05) is 18.0 Å². The average Bonchev–Trinajstić information content (AvgIpc) is 2.73. The highest BCUT2D eigenvalue weighted by Crippen LogP contribution is 2.29. The lowest BCUT2D eigenvalue weighted by Crippen LogP contribution is -2.21. The summed E-state index contributed by atoms with van der Waals surface area (Å²) in [5.74, 6) is 0.927. The molecule has 2 rings (SSSR count). The summed E-state index contributed by atoms with van der Waals surface area (Å²) in [5.41, 5.74) is 8.57. The fourth-order valence-electron chi connectivity index (χ4n) is 1.98. The van der Waals surface area contributed by atoms with Crippen molar-refractivity contribution in [3.63, 3.8) is 0 Å². The molecule has 0 radical (unpaired) electrons. The normalized spacial score (nSPS) is 12.7. The van der Waals surface area contributed by atoms with E-state index in [1.807, 2.05) is 18.5 Å². The molecule has 5 heteroatoms. The van der Waals surface area contributed by atoms with Crippen molar-refractivity contribution in [3.8, 4) is 0 Å². The summed E-state index contributed by atoms with van der Waals surface area (Å²) >= 11 is 1.65. The van der Waals surface area contributed by atoms with Crippen LogP contribution in [0.25, 0.3) is 0 Å². The first-order chi connectivity index (χ1) is 9.51. The minimum Gasteiger partial charge on any atom is -0.327 e. The van der Waals surface area contributed by atoms with Gasteiger partial charge in [-0.25, -0.2) is 0 Å². The van der Waals surface area contributed by atoms with Gasteiger partial charge in [0.25, 0.3) is 0 Å². The molecule has 0 saturated heterocycles. The van der Waals surface area contributed by atoms with Crippen molar-refractivity contribution < 1.29 is 0 Å². The van der Waals surface area contributed by atoms with Gasteiger partial charge in [0.2, 0.25) is 0 Å². The quantitative estimate of drug-likeness (QED) is 0.920. The Hall–Kier alpha value is -1.33. The summed E-state index contributed by atoms with van der Waals surface area (Å²) in [7, 11) is 1.99. The summed E-state index contributed by atoms with van der Waals surface area (Å²) in [4.78, 5) is 1.22. The van der Waals surface area contributed by atoms with Crippen molar-refractivity contribution in [1.29, 1.82) is 0 Å². The van der Waals surface area contributed by atoms with Crippen LogP contribution in [0.2, 0.25) is 0 Å². The molecule has 0 saturated carbocycles. The highest BCUT2D eigenvalue weighted by atomic mass is 32.2. The Bertz CT molecular complexity index is 592. The van der Waals surface area contributed by atoms with E-state index < -0.39 is 0 Å². The van der Waals surface area contributed by atoms with Crippen LogP contribution in [0, 0.1) is 13.8 Å². The molecule has 1 atom stereocenters. The molecule has 0 aliphatic carbocycles. The van der Waals surface area contributed by atoms with Gasteiger partial charge in [-0.05, 0) is 55.6 Å². The summed E-state index contributed by atoms with van der Waals surface area (Å²) < 4.78 is 2.00. The molecule has 2 N–H and O–H groups in total. The van der Waals surface area contributed by atoms with Crippen LogP contribution in [0.3, 0.4) is 0 Å². The number of hydrogen-bond acceptors (Lipinski definition) is 4. The summed E-state index contributed by atoms with van der Waals surface area (Å²) in [5, 5.41) is 9.20. The Morgan fingerprint density at radius 1 is 1.30 bits per heavy atom. The molecule has 0 amide bonds. The van der Waals surface area contributed by atoms with Gasteiger partial charge in [0.1, 0.15) is 5.82 Å². The van der Waals surface area contributed by atoms with Crippen molar-refractivity contribution in [3.05, 3.63) is 35.2 Å². The zero-order valence-electron chi connectivity index (χ0n) is 12.6. The Morgan fingerprint density at radius 3 is 2.60 bits per heavy atom. The first-order valence-corrected chi connectivity index (χ1v) is 7.71. The van der Waals surface area contributed by atoms with Crippen LogP contribution in [0.1, 0.15) is 30.3 Å². The van der Waals surface area contributed by atoms with Gasteiger partial charge >= 0.3 is 0 Å². The number of nitrogens with zero attached hydrogens (tertiary/aromatic N) is 3. The first-order valence-electron chi connectivity index (χ1n) is 6.90. The second-order valence-corrected chi connectivity index (χ2v) is 6.17. The topological polar surface area (TPSA) is 56.7 Å². The fourth-order valence-corrected chi connectivity index (χ4v) is 2.88. The Balaban J connectivity index is 2.15. The molecule has 1 aromatic heterocycles. The Labute approximate surface area is 124 Å². The smallest absolute Gasteiger partial charge is 0.195 e. The van der Waals surface area contributed by atoms with Gasteiger partial charge in [0.05, 0.1) is 0 Å². The molecule has 0 bridgehead atoms. The fraction of sp³-hybridized carbons (Fsp3) is 0.467. The SMILES string of the molecule is CCC(N)Cc1ccc(Sc2nnc(C)n2C)c(C)c1. The lowest BCUT2D eigenvalue weighted by Gasteiger charge is -2.11. The van der Waals surface area contributed by atoms with E-state index >= 15 is 0 Å². The third-order valence-electron chi connectivity index (χ3n) is 3.52. The highest BCUT2D eigenvalue weighted by Gasteiger charge is 2.10. The Kier molecular flexibility index (Phi) is 4.83. The maximum absolute atomic E-state index is 6.01. The molecule has 0 aliphatic rings. The molecule has 0 spiro atoms. The molecule has 4 nitrogen and oxygen atoms in total. The highest BCUT2D eigenvalue weighted by molar-refractivity contribution is 7.99. The van der Waals surface area contributed by atoms with Crippen molar-refractivity contribution in [1.82, 2.24) is 14.8 Å². The van der Waals surface area contributed by atoms with Gasteiger partial charge in [-0.15, -0.1) is 10.2 Å². The van der Waals surface area contributed by atoms with E-state index in [1.54, 1.807) is 11.8 Å². The summed E-state index contributed by atoms with van der Waals surface area (Å²) in [6, 6.07) is 6.78. The van der Waals surface area contributed by atoms with E-state index in [4.69, 9.17) is 5.73 Å². The lowest BCUT2D eigenvalue weighted by molar-refractivity contribution is 0.646. The van der Waals surface area contributed by atoms with E-state index in [0.29, 0.717) is 0 Å². The zero-order valence-corrected chi connectivity index (χ0v) is 13.4. The van der Waals surface area contributed by atoms with Gasteiger partial charge < -0.3 is 10.3 Å². The average molecular weight is 290 g/mol. The third kappa shape index (κ3) is 3.41. The van der Waals surface area contributed by atoms with Crippen LogP contribution in [0.15, 0.2) is 28.3 Å². The van der Waals surface area contributed by atoms with Gasteiger partial charge in [-0.3, -0.25) is 0 Å². The summed E-state index contributed by atoms with van der Waals surface area (Å²) in [6.07, 6.45) is 1.94. The minimum absolute atomic E-state index is 0.245. The number of rotatable bonds is 5. The second-order valence-electron chi connectivity index (χ2n) is 5.16. The number of hydrogen-bond donors (Lipinski definition) is 1. The monoisotopic (exact) mass is 290 g/mol. The Morgan fingerprint density at radius 2 is 2.05 bits per heavy atom. The van der Waals surface area contributed by atoms with Crippen LogP contribution in [-0.4, -0.2) is 20.8 Å². The van der Waals surface area contributed by atoms with E-state index in [0.717, 1.165) is 23.8 Å². The van der Waals surface area contributed by atoms with Crippen molar-refractivity contribution in [2.75, 3.05) is 0 Å². The van der Waals surface area contributed by atoms with Gasteiger partial charge in [0.15, 0.2) is 5.16 Å². The molecule has 0 fully saturated rings. The van der Waals surface area contributed by atoms with Crippen LogP contribution in [-0.2, 0) is 13.5 Å². The molecule has 1 heterocycles. The van der Waals surface area contributed by atoms with Crippen molar-refractivity contribution in [2.24, 2.45) is 12.8 Å². The van der Waals surface area contributed by atoms with Gasteiger partial charge in [-0.1, -0.05) is 19.1 Å². The van der Waals surface area contributed by atoms with Crippen molar-refractivity contribution >= 4 is 11.8 Å². The lowest BCUT2D eigenvalue weighted by atomic mass is 10.0. The third-order valence-corrected chi connectivity index (χ3v) is 4.73. The largest absolute Gasteiger partial charge is 0.327 e. The molecular weight excluding hydrogens is 268 g/mol. The molecule has 108 valence electrons. The number of benzene rings is 1. The molecule has 1 unspecified atom stereocenters. The number of nitrogens with two attached hydrogens (primary N) is 1. The van der Waals surface area contributed by atoms with E-state index in [9.17, 15) is 0 Å². The van der Waals surface area contributed by atoms with Crippen LogP contribution < -0.4 is 5.73 Å². The zero-order chi connectivity index (χ0) is 14.7. The van der Waals surface area contributed by atoms with Crippen LogP contribution >= 0.6 is 11.8 Å². The standard InChI is InChI=1S/C15H22N4S/c1-5-13(16)9-12-6-7-14(10(2)8-12)20-15-18-17-11(3)19(15)4/h6-8,13H,5,9,16H2,1-4H3. The number of aromatic nitrogens is 3. The number of aryl methyl sites for hydroxylation is 2. The molecule has 0 aliphatic heterocycles. The second kappa shape index (κ2) is 6.41. The molecule has 1 aromatic carbocycles. The molecule has 2 aromatic rings. The van der Waals surface area contributed by atoms with Gasteiger partial charge in [-0.2, -0.15) is 0 Å². The molecular formula is C15H22N4S. The predicted octanol–water partition coefficient (Wildman–Crippen LogP) is 2.86. The predicted molar refractivity (Wildman–Crippen MR) is 83.0 cm³/mol. The maximum Gasteiger partial charge on any atom is 0.195 e. The van der Waals surface area contributed by atoms with E-state index in [1.165, 1.54) is 16.0 Å². The summed E-state index contributed by atoms with van der Waals surface area (Å²) in [6.45, 7) is 6.21. The first kappa shape index (κ1) is 15.1. The van der Waals surface area contributed by atoms with E-state index in [2.05, 4.69) is 42.2 Å². The van der Waals surface area contributed by atoms with E-state index in [-0.39, 0.29) is 6.04 Å². The van der Waals surface area contributed by atoms with Crippen molar-refractivity contribution in [2.45, 2.75) is 49.7 Å². The molecule has 20 heavy (non-hydrogen) atoms. The van der Waals surface area contributed by atoms with Crippen LogP contribution in [0.4, 0.5) is 0 Å². The maximum atomic E-state index is 6.01. The minimum atomic E-state index is 0.245.